The predicted octanol–water partition coefficient (Wildman–Crippen LogP) is 4.33. The summed E-state index contributed by atoms with van der Waals surface area (Å²) in [6, 6.07) is 14.6. The quantitative estimate of drug-likeness (QED) is 0.559. The summed E-state index contributed by atoms with van der Waals surface area (Å²) in [6.45, 7) is 2.61. The first-order chi connectivity index (χ1) is 16.4. The molecular formula is C25H26N2O6S. The number of para-hydroxylation sites is 1. The van der Waals surface area contributed by atoms with Crippen molar-refractivity contribution in [3.63, 3.8) is 0 Å². The van der Waals surface area contributed by atoms with Crippen molar-refractivity contribution in [2.75, 3.05) is 20.3 Å². The summed E-state index contributed by atoms with van der Waals surface area (Å²) in [7, 11) is 1.48. The Kier molecular flexibility index (Phi) is 7.54. The van der Waals surface area contributed by atoms with Gasteiger partial charge in [-0.15, -0.1) is 0 Å². The molecule has 0 aliphatic carbocycles. The van der Waals surface area contributed by atoms with E-state index in [2.05, 4.69) is 0 Å². The Morgan fingerprint density at radius 3 is 2.76 bits per heavy atom. The van der Waals surface area contributed by atoms with E-state index < -0.39 is 12.1 Å². The molecule has 2 saturated heterocycles. The second-order valence-electron chi connectivity index (χ2n) is 7.90. The molecule has 1 N–H and O–H groups in total. The van der Waals surface area contributed by atoms with E-state index in [-0.39, 0.29) is 12.0 Å². The van der Waals surface area contributed by atoms with Crippen LogP contribution in [-0.4, -0.2) is 59.5 Å². The molecule has 0 saturated carbocycles. The number of methoxy groups -OCH3 is 1. The molecule has 8 nitrogen and oxygen atoms in total. The number of benzene rings is 2. The molecule has 2 fully saturated rings. The van der Waals surface area contributed by atoms with Crippen molar-refractivity contribution in [1.82, 2.24) is 4.90 Å². The molecule has 34 heavy (non-hydrogen) atoms. The Hall–Kier alpha value is -3.30. The molecule has 2 aliphatic rings. The molecule has 178 valence electrons. The van der Waals surface area contributed by atoms with Gasteiger partial charge in [-0.1, -0.05) is 24.3 Å². The number of hydrogen-bond donors (Lipinski definition) is 1. The molecule has 1 amide bonds. The number of carboxylic acids is 1. The van der Waals surface area contributed by atoms with Gasteiger partial charge in [-0.25, -0.2) is 9.79 Å². The van der Waals surface area contributed by atoms with Gasteiger partial charge in [0.1, 0.15) is 0 Å². The van der Waals surface area contributed by atoms with Crippen molar-refractivity contribution in [3.8, 4) is 11.5 Å². The first kappa shape index (κ1) is 23.8. The van der Waals surface area contributed by atoms with Gasteiger partial charge < -0.3 is 19.3 Å². The standard InChI is InChI=1S/C25H26N2O6S/c1-16(24(29)30)33-20-11-10-17(13-21(20)31-2)14-22-23(28)27(15-19-9-6-12-32-19)25(34-22)26-18-7-4-3-5-8-18/h3-5,7-8,10-11,13-14,16,19H,6,9,12,15H2,1-2H3,(H,29,30)/b22-14-,26-25?/t16-,19-/m0/s1. The van der Waals surface area contributed by atoms with Crippen LogP contribution in [0.5, 0.6) is 11.5 Å². The first-order valence-corrected chi connectivity index (χ1v) is 11.8. The largest absolute Gasteiger partial charge is 0.493 e. The number of amides is 1. The number of carboxylic acid groups (broad SMARTS) is 1. The van der Waals surface area contributed by atoms with E-state index in [1.54, 1.807) is 29.2 Å². The molecule has 0 aromatic heterocycles. The van der Waals surface area contributed by atoms with E-state index in [1.807, 2.05) is 30.3 Å². The predicted molar refractivity (Wildman–Crippen MR) is 131 cm³/mol. The zero-order chi connectivity index (χ0) is 24.1. The SMILES string of the molecule is COc1cc(/C=C2\SC(=Nc3ccccc3)N(C[C@@H]3CCCO3)C2=O)ccc1O[C@@H](C)C(=O)O. The van der Waals surface area contributed by atoms with E-state index in [1.165, 1.54) is 25.8 Å². The van der Waals surface area contributed by atoms with E-state index >= 15 is 0 Å². The Morgan fingerprint density at radius 2 is 2.09 bits per heavy atom. The fraction of sp³-hybridized carbons (Fsp3) is 0.320. The summed E-state index contributed by atoms with van der Waals surface area (Å²) in [5.41, 5.74) is 1.49. The highest BCUT2D eigenvalue weighted by atomic mass is 32.2. The van der Waals surface area contributed by atoms with Crippen molar-refractivity contribution in [3.05, 3.63) is 59.0 Å². The number of ether oxygens (including phenoxy) is 3. The highest BCUT2D eigenvalue weighted by Crippen LogP contribution is 2.36. The molecule has 4 rings (SSSR count). The van der Waals surface area contributed by atoms with Crippen LogP contribution in [0.4, 0.5) is 5.69 Å². The molecule has 9 heteroatoms. The Morgan fingerprint density at radius 1 is 1.29 bits per heavy atom. The van der Waals surface area contributed by atoms with Gasteiger partial charge in [0.05, 0.1) is 30.4 Å². The second-order valence-corrected chi connectivity index (χ2v) is 8.91. The number of amidine groups is 1. The van der Waals surface area contributed by atoms with Gasteiger partial charge in [0.25, 0.3) is 5.91 Å². The zero-order valence-electron chi connectivity index (χ0n) is 19.0. The third-order valence-electron chi connectivity index (χ3n) is 5.42. The van der Waals surface area contributed by atoms with Crippen LogP contribution in [-0.2, 0) is 14.3 Å². The van der Waals surface area contributed by atoms with Crippen LogP contribution < -0.4 is 9.47 Å². The van der Waals surface area contributed by atoms with Gasteiger partial charge in [0, 0.05) is 6.61 Å². The molecule has 2 atom stereocenters. The van der Waals surface area contributed by atoms with Crippen molar-refractivity contribution in [2.24, 2.45) is 4.99 Å². The lowest BCUT2D eigenvalue weighted by Gasteiger charge is -2.19. The number of carbonyl (C=O) groups is 2. The van der Waals surface area contributed by atoms with Gasteiger partial charge in [-0.2, -0.15) is 0 Å². The number of aliphatic imine (C=N–C) groups is 1. The maximum atomic E-state index is 13.3. The fourth-order valence-electron chi connectivity index (χ4n) is 3.62. The smallest absolute Gasteiger partial charge is 0.344 e. The average Bonchev–Trinajstić information content (AvgIpc) is 3.45. The number of thioether (sulfide) groups is 1. The lowest BCUT2D eigenvalue weighted by Crippen LogP contribution is -2.36. The summed E-state index contributed by atoms with van der Waals surface area (Å²) in [5, 5.41) is 9.71. The third-order valence-corrected chi connectivity index (χ3v) is 6.42. The van der Waals surface area contributed by atoms with Crippen LogP contribution in [0.1, 0.15) is 25.3 Å². The van der Waals surface area contributed by atoms with Crippen LogP contribution in [0.15, 0.2) is 58.4 Å². The molecule has 2 heterocycles. The molecule has 2 aromatic carbocycles. The third kappa shape index (κ3) is 5.60. The molecule has 2 aromatic rings. The van der Waals surface area contributed by atoms with E-state index in [4.69, 9.17) is 24.3 Å². The van der Waals surface area contributed by atoms with Crippen molar-refractivity contribution < 1.29 is 28.9 Å². The normalized spacial score (nSPS) is 21.3. The van der Waals surface area contributed by atoms with Gasteiger partial charge in [-0.3, -0.25) is 9.69 Å². The highest BCUT2D eigenvalue weighted by Gasteiger charge is 2.36. The maximum absolute atomic E-state index is 13.3. The number of rotatable bonds is 8. The number of aliphatic carboxylic acids is 1. The summed E-state index contributed by atoms with van der Waals surface area (Å²) < 4.78 is 16.6. The minimum atomic E-state index is -1.07. The summed E-state index contributed by atoms with van der Waals surface area (Å²) in [6.07, 6.45) is 2.66. The molecule has 0 radical (unpaired) electrons. The van der Waals surface area contributed by atoms with Crippen LogP contribution in [0.2, 0.25) is 0 Å². The van der Waals surface area contributed by atoms with Gasteiger partial charge in [0.2, 0.25) is 0 Å². The minimum absolute atomic E-state index is 0.00220. The van der Waals surface area contributed by atoms with E-state index in [9.17, 15) is 9.59 Å². The second kappa shape index (κ2) is 10.8. The monoisotopic (exact) mass is 482 g/mol. The maximum Gasteiger partial charge on any atom is 0.344 e. The van der Waals surface area contributed by atoms with E-state index in [0.717, 1.165) is 24.1 Å². The number of carbonyl (C=O) groups excluding carboxylic acids is 1. The number of hydrogen-bond acceptors (Lipinski definition) is 7. The van der Waals surface area contributed by atoms with Crippen LogP contribution in [0.3, 0.4) is 0 Å². The fourth-order valence-corrected chi connectivity index (χ4v) is 4.63. The van der Waals surface area contributed by atoms with E-state index in [0.29, 0.717) is 34.7 Å². The molecule has 2 aliphatic heterocycles. The van der Waals surface area contributed by atoms with Crippen molar-refractivity contribution >= 4 is 40.6 Å². The Labute approximate surface area is 202 Å². The average molecular weight is 483 g/mol. The van der Waals surface area contributed by atoms with Gasteiger partial charge >= 0.3 is 5.97 Å². The summed E-state index contributed by atoms with van der Waals surface area (Å²) in [5.74, 6) is -0.504. The van der Waals surface area contributed by atoms with Crippen LogP contribution >= 0.6 is 11.8 Å². The summed E-state index contributed by atoms with van der Waals surface area (Å²) in [4.78, 5) is 31.4. The zero-order valence-corrected chi connectivity index (χ0v) is 19.8. The first-order valence-electron chi connectivity index (χ1n) is 11.0. The Bertz CT molecular complexity index is 1110. The van der Waals surface area contributed by atoms with Crippen LogP contribution in [0.25, 0.3) is 6.08 Å². The van der Waals surface area contributed by atoms with Gasteiger partial charge in [-0.05, 0) is 67.4 Å². The summed E-state index contributed by atoms with van der Waals surface area (Å²) >= 11 is 1.31. The molecular weight excluding hydrogens is 456 g/mol. The lowest BCUT2D eigenvalue weighted by atomic mass is 10.1. The minimum Gasteiger partial charge on any atom is -0.493 e. The van der Waals surface area contributed by atoms with Gasteiger partial charge in [0.15, 0.2) is 22.8 Å². The topological polar surface area (TPSA) is 97.7 Å². The van der Waals surface area contributed by atoms with Crippen molar-refractivity contribution in [2.45, 2.75) is 32.0 Å². The molecule has 0 spiro atoms. The van der Waals surface area contributed by atoms with Crippen molar-refractivity contribution in [1.29, 1.82) is 0 Å². The number of nitrogens with zero attached hydrogens (tertiary/aromatic N) is 2. The Balaban J connectivity index is 1.61. The lowest BCUT2D eigenvalue weighted by molar-refractivity contribution is -0.144. The highest BCUT2D eigenvalue weighted by molar-refractivity contribution is 8.18. The van der Waals surface area contributed by atoms with Crippen LogP contribution in [0, 0.1) is 0 Å². The molecule has 0 unspecified atom stereocenters. The molecule has 0 bridgehead atoms.